The lowest BCUT2D eigenvalue weighted by atomic mass is 10.1. The Balaban J connectivity index is 1.70. The quantitative estimate of drug-likeness (QED) is 0.694. The predicted octanol–water partition coefficient (Wildman–Crippen LogP) is 3.97. The maximum Gasteiger partial charge on any atom is 0.274 e. The van der Waals surface area contributed by atoms with E-state index in [1.807, 2.05) is 50.2 Å². The van der Waals surface area contributed by atoms with E-state index in [1.54, 1.807) is 19.4 Å². The molecule has 27 heavy (non-hydrogen) atoms. The molecule has 0 atom stereocenters. The van der Waals surface area contributed by atoms with Gasteiger partial charge in [0.1, 0.15) is 11.4 Å². The molecule has 6 nitrogen and oxygen atoms in total. The van der Waals surface area contributed by atoms with Crippen LogP contribution in [0.25, 0.3) is 0 Å². The van der Waals surface area contributed by atoms with Gasteiger partial charge in [0.05, 0.1) is 7.11 Å². The summed E-state index contributed by atoms with van der Waals surface area (Å²) in [5.41, 5.74) is 4.21. The Labute approximate surface area is 158 Å². The number of ether oxygens (including phenoxy) is 1. The summed E-state index contributed by atoms with van der Waals surface area (Å²) in [4.78, 5) is 21.0. The van der Waals surface area contributed by atoms with Gasteiger partial charge >= 0.3 is 0 Å². The molecule has 2 N–H and O–H groups in total. The molecule has 3 rings (SSSR count). The molecular weight excluding hydrogens is 340 g/mol. The van der Waals surface area contributed by atoms with Crippen molar-refractivity contribution in [3.8, 4) is 5.75 Å². The first kappa shape index (κ1) is 18.4. The third kappa shape index (κ3) is 4.82. The fourth-order valence-corrected chi connectivity index (χ4v) is 2.84. The first-order valence-electron chi connectivity index (χ1n) is 8.63. The lowest BCUT2D eigenvalue weighted by Gasteiger charge is -2.10. The number of benzene rings is 2. The Bertz CT molecular complexity index is 936. The molecule has 0 saturated carbocycles. The second-order valence-electron chi connectivity index (χ2n) is 6.26. The fraction of sp³-hybridized carbons (Fsp3) is 0.190. The number of carbonyl (C=O) groups excluding carboxylic acids is 1. The predicted molar refractivity (Wildman–Crippen MR) is 106 cm³/mol. The molecule has 138 valence electrons. The minimum Gasteiger partial charge on any atom is -0.496 e. The van der Waals surface area contributed by atoms with Crippen molar-refractivity contribution in [2.24, 2.45) is 0 Å². The average Bonchev–Trinajstić information content (AvgIpc) is 2.66. The van der Waals surface area contributed by atoms with E-state index in [9.17, 15) is 4.79 Å². The van der Waals surface area contributed by atoms with Crippen LogP contribution in [0.2, 0.25) is 0 Å². The molecule has 1 heterocycles. The number of anilines is 2. The molecule has 1 amide bonds. The van der Waals surface area contributed by atoms with Crippen LogP contribution in [-0.2, 0) is 6.54 Å². The molecular formula is C21H22N4O2. The smallest absolute Gasteiger partial charge is 0.274 e. The van der Waals surface area contributed by atoms with Gasteiger partial charge in [-0.05, 0) is 49.2 Å². The van der Waals surface area contributed by atoms with Crippen LogP contribution in [0.15, 0.2) is 54.7 Å². The molecule has 0 spiro atoms. The van der Waals surface area contributed by atoms with E-state index in [1.165, 1.54) is 0 Å². The molecule has 6 heteroatoms. The van der Waals surface area contributed by atoms with Crippen molar-refractivity contribution in [1.29, 1.82) is 0 Å². The second kappa shape index (κ2) is 8.31. The average molecular weight is 362 g/mol. The maximum absolute atomic E-state index is 12.5. The summed E-state index contributed by atoms with van der Waals surface area (Å²) in [7, 11) is 1.63. The third-order valence-electron chi connectivity index (χ3n) is 4.00. The largest absolute Gasteiger partial charge is 0.496 e. The van der Waals surface area contributed by atoms with Gasteiger partial charge in [-0.25, -0.2) is 9.97 Å². The van der Waals surface area contributed by atoms with Crippen LogP contribution in [0.3, 0.4) is 0 Å². The third-order valence-corrected chi connectivity index (χ3v) is 4.00. The van der Waals surface area contributed by atoms with Gasteiger partial charge in [-0.15, -0.1) is 0 Å². The van der Waals surface area contributed by atoms with Gasteiger partial charge in [0.15, 0.2) is 0 Å². The molecule has 0 saturated heterocycles. The number of hydrogen-bond acceptors (Lipinski definition) is 5. The summed E-state index contributed by atoms with van der Waals surface area (Å²) in [6, 6.07) is 15.2. The molecule has 3 aromatic rings. The summed E-state index contributed by atoms with van der Waals surface area (Å²) < 4.78 is 5.34. The minimum atomic E-state index is -0.275. The zero-order valence-electron chi connectivity index (χ0n) is 15.6. The normalized spacial score (nSPS) is 10.3. The molecule has 0 aliphatic rings. The number of methoxy groups -OCH3 is 1. The lowest BCUT2D eigenvalue weighted by molar-refractivity contribution is 0.102. The molecule has 0 fully saturated rings. The second-order valence-corrected chi connectivity index (χ2v) is 6.26. The highest BCUT2D eigenvalue weighted by Crippen LogP contribution is 2.18. The standard InChI is InChI=1S/C21H22N4O2/c1-14-10-15(2)12-17(11-14)24-20(26)18-8-9-22-21(25-18)23-13-16-6-4-5-7-19(16)27-3/h4-12H,13H2,1-3H3,(H,24,26)(H,22,23,25). The number of carbonyl (C=O) groups is 1. The van der Waals surface area contributed by atoms with Crippen LogP contribution in [0.4, 0.5) is 11.6 Å². The van der Waals surface area contributed by atoms with Crippen molar-refractivity contribution >= 4 is 17.5 Å². The lowest BCUT2D eigenvalue weighted by Crippen LogP contribution is -2.15. The Kier molecular flexibility index (Phi) is 5.66. The Morgan fingerprint density at radius 3 is 2.56 bits per heavy atom. The number of hydrogen-bond donors (Lipinski definition) is 2. The number of aryl methyl sites for hydroxylation is 2. The summed E-state index contributed by atoms with van der Waals surface area (Å²) in [5.74, 6) is 0.894. The molecule has 0 bridgehead atoms. The van der Waals surface area contributed by atoms with Gasteiger partial charge in [-0.2, -0.15) is 0 Å². The Morgan fingerprint density at radius 2 is 1.81 bits per heavy atom. The molecule has 2 aromatic carbocycles. The number of rotatable bonds is 6. The number of para-hydroxylation sites is 1. The Morgan fingerprint density at radius 1 is 1.07 bits per heavy atom. The van der Waals surface area contributed by atoms with E-state index in [0.29, 0.717) is 18.2 Å². The van der Waals surface area contributed by atoms with Crippen molar-refractivity contribution in [2.75, 3.05) is 17.7 Å². The number of amides is 1. The van der Waals surface area contributed by atoms with E-state index in [4.69, 9.17) is 4.74 Å². The summed E-state index contributed by atoms with van der Waals surface area (Å²) >= 11 is 0. The van der Waals surface area contributed by atoms with Gasteiger partial charge in [0.2, 0.25) is 5.95 Å². The monoisotopic (exact) mass is 362 g/mol. The SMILES string of the molecule is COc1ccccc1CNc1nccc(C(=O)Nc2cc(C)cc(C)c2)n1. The molecule has 0 unspecified atom stereocenters. The summed E-state index contributed by atoms with van der Waals surface area (Å²) in [5, 5.41) is 6.01. The summed E-state index contributed by atoms with van der Waals surface area (Å²) in [6.45, 7) is 4.48. The van der Waals surface area contributed by atoms with E-state index >= 15 is 0 Å². The van der Waals surface area contributed by atoms with Crippen molar-refractivity contribution in [2.45, 2.75) is 20.4 Å². The highest BCUT2D eigenvalue weighted by Gasteiger charge is 2.10. The van der Waals surface area contributed by atoms with Crippen molar-refractivity contribution in [3.63, 3.8) is 0 Å². The van der Waals surface area contributed by atoms with E-state index in [0.717, 1.165) is 28.1 Å². The number of nitrogens with one attached hydrogen (secondary N) is 2. The molecule has 0 aliphatic carbocycles. The first-order valence-corrected chi connectivity index (χ1v) is 8.63. The maximum atomic E-state index is 12.5. The van der Waals surface area contributed by atoms with Crippen LogP contribution in [-0.4, -0.2) is 23.0 Å². The summed E-state index contributed by atoms with van der Waals surface area (Å²) in [6.07, 6.45) is 1.56. The zero-order valence-corrected chi connectivity index (χ0v) is 15.6. The zero-order chi connectivity index (χ0) is 19.2. The highest BCUT2D eigenvalue weighted by molar-refractivity contribution is 6.03. The molecule has 0 aliphatic heterocycles. The molecule has 1 aromatic heterocycles. The van der Waals surface area contributed by atoms with Crippen LogP contribution in [0, 0.1) is 13.8 Å². The van der Waals surface area contributed by atoms with Gasteiger partial charge in [0.25, 0.3) is 5.91 Å². The van der Waals surface area contributed by atoms with Crippen LogP contribution in [0.1, 0.15) is 27.2 Å². The van der Waals surface area contributed by atoms with E-state index in [-0.39, 0.29) is 5.91 Å². The van der Waals surface area contributed by atoms with Crippen LogP contribution < -0.4 is 15.4 Å². The van der Waals surface area contributed by atoms with Crippen molar-refractivity contribution in [1.82, 2.24) is 9.97 Å². The van der Waals surface area contributed by atoms with E-state index in [2.05, 4.69) is 26.7 Å². The fourth-order valence-electron chi connectivity index (χ4n) is 2.84. The Hall–Kier alpha value is -3.41. The van der Waals surface area contributed by atoms with E-state index < -0.39 is 0 Å². The highest BCUT2D eigenvalue weighted by atomic mass is 16.5. The first-order chi connectivity index (χ1) is 13.0. The van der Waals surface area contributed by atoms with Crippen LogP contribution >= 0.6 is 0 Å². The van der Waals surface area contributed by atoms with Gasteiger partial charge in [-0.1, -0.05) is 24.3 Å². The van der Waals surface area contributed by atoms with Crippen molar-refractivity contribution in [3.05, 3.63) is 77.1 Å². The topological polar surface area (TPSA) is 76.1 Å². The van der Waals surface area contributed by atoms with Gasteiger partial charge in [-0.3, -0.25) is 4.79 Å². The number of nitrogens with zero attached hydrogens (tertiary/aromatic N) is 2. The van der Waals surface area contributed by atoms with Crippen molar-refractivity contribution < 1.29 is 9.53 Å². The van der Waals surface area contributed by atoms with Gasteiger partial charge in [0, 0.05) is 24.0 Å². The molecule has 0 radical (unpaired) electrons. The minimum absolute atomic E-state index is 0.275. The van der Waals surface area contributed by atoms with Gasteiger partial charge < -0.3 is 15.4 Å². The van der Waals surface area contributed by atoms with Crippen LogP contribution in [0.5, 0.6) is 5.75 Å². The number of aromatic nitrogens is 2.